The smallest absolute Gasteiger partial charge is 0.241 e. The molecule has 154 valence electrons. The van der Waals surface area contributed by atoms with E-state index in [-0.39, 0.29) is 36.4 Å². The second-order valence-electron chi connectivity index (χ2n) is 5.55. The number of carbonyl (C=O) groups excluding carboxylic acids is 1. The summed E-state index contributed by atoms with van der Waals surface area (Å²) in [6.07, 6.45) is 0. The molecule has 1 aromatic rings. The van der Waals surface area contributed by atoms with Crippen LogP contribution in [0.2, 0.25) is 0 Å². The summed E-state index contributed by atoms with van der Waals surface area (Å²) in [7, 11) is 6.75. The van der Waals surface area contributed by atoms with Crippen molar-refractivity contribution < 1.29 is 19.0 Å². The Morgan fingerprint density at radius 1 is 1.19 bits per heavy atom. The third kappa shape index (κ3) is 9.14. The Hall–Kier alpha value is -1.75. The number of aliphatic imine (C=N–C) groups is 1. The lowest BCUT2D eigenvalue weighted by Crippen LogP contribution is -2.39. The molecule has 1 amide bonds. The molecular formula is C18H31IN4O4. The van der Waals surface area contributed by atoms with Gasteiger partial charge in [0.1, 0.15) is 18.0 Å². The van der Waals surface area contributed by atoms with Gasteiger partial charge in [-0.05, 0) is 19.1 Å². The molecule has 0 saturated carbocycles. The van der Waals surface area contributed by atoms with E-state index in [0.29, 0.717) is 32.2 Å². The number of methoxy groups -OCH3 is 3. The zero-order chi connectivity index (χ0) is 19.4. The summed E-state index contributed by atoms with van der Waals surface area (Å²) in [5.74, 6) is 1.98. The molecule has 0 aromatic heterocycles. The first-order valence-electron chi connectivity index (χ1n) is 8.51. The highest BCUT2D eigenvalue weighted by molar-refractivity contribution is 14.0. The number of guanidine groups is 1. The van der Waals surface area contributed by atoms with E-state index in [9.17, 15) is 4.79 Å². The largest absolute Gasteiger partial charge is 0.497 e. The summed E-state index contributed by atoms with van der Waals surface area (Å²) in [4.78, 5) is 18.2. The van der Waals surface area contributed by atoms with Gasteiger partial charge in [-0.1, -0.05) is 0 Å². The van der Waals surface area contributed by atoms with Gasteiger partial charge in [0.15, 0.2) is 5.96 Å². The maximum Gasteiger partial charge on any atom is 0.241 e. The Balaban J connectivity index is 0.00000676. The van der Waals surface area contributed by atoms with E-state index in [1.165, 1.54) is 0 Å². The fourth-order valence-electron chi connectivity index (χ4n) is 2.28. The Morgan fingerprint density at radius 3 is 2.52 bits per heavy atom. The van der Waals surface area contributed by atoms with Crippen LogP contribution in [0.15, 0.2) is 23.2 Å². The van der Waals surface area contributed by atoms with Crippen LogP contribution in [0.1, 0.15) is 12.5 Å². The predicted molar refractivity (Wildman–Crippen MR) is 117 cm³/mol. The Kier molecular flexibility index (Phi) is 13.4. The fourth-order valence-corrected chi connectivity index (χ4v) is 2.28. The zero-order valence-corrected chi connectivity index (χ0v) is 19.0. The Bertz CT molecular complexity index is 599. The lowest BCUT2D eigenvalue weighted by atomic mass is 10.2. The Labute approximate surface area is 178 Å². The molecule has 2 N–H and O–H groups in total. The van der Waals surface area contributed by atoms with Gasteiger partial charge in [0.25, 0.3) is 0 Å². The van der Waals surface area contributed by atoms with Crippen LogP contribution in [0.5, 0.6) is 11.5 Å². The number of amides is 1. The highest BCUT2D eigenvalue weighted by Crippen LogP contribution is 2.25. The van der Waals surface area contributed by atoms with E-state index in [1.807, 2.05) is 37.1 Å². The molecule has 0 fully saturated rings. The normalized spacial score (nSPS) is 10.6. The van der Waals surface area contributed by atoms with Gasteiger partial charge in [0, 0.05) is 45.4 Å². The quantitative estimate of drug-likeness (QED) is 0.222. The summed E-state index contributed by atoms with van der Waals surface area (Å²) in [5.41, 5.74) is 0.992. The molecule has 0 spiro atoms. The second-order valence-corrected chi connectivity index (χ2v) is 5.55. The third-order valence-corrected chi connectivity index (χ3v) is 3.60. The van der Waals surface area contributed by atoms with Gasteiger partial charge in [0.2, 0.25) is 5.91 Å². The number of rotatable bonds is 10. The molecule has 0 aliphatic carbocycles. The first kappa shape index (κ1) is 25.2. The topological polar surface area (TPSA) is 84.4 Å². The van der Waals surface area contributed by atoms with Crippen LogP contribution < -0.4 is 20.1 Å². The number of benzene rings is 1. The van der Waals surface area contributed by atoms with Crippen molar-refractivity contribution in [2.24, 2.45) is 4.99 Å². The number of hydrogen-bond acceptors (Lipinski definition) is 5. The molecule has 9 heteroatoms. The van der Waals surface area contributed by atoms with Gasteiger partial charge < -0.3 is 29.7 Å². The lowest BCUT2D eigenvalue weighted by molar-refractivity contribution is -0.119. The molecule has 0 bridgehead atoms. The molecular weight excluding hydrogens is 463 g/mol. The van der Waals surface area contributed by atoms with Crippen molar-refractivity contribution in [3.8, 4) is 11.5 Å². The highest BCUT2D eigenvalue weighted by atomic mass is 127. The van der Waals surface area contributed by atoms with Gasteiger partial charge in [-0.2, -0.15) is 0 Å². The molecule has 0 radical (unpaired) electrons. The van der Waals surface area contributed by atoms with E-state index in [2.05, 4.69) is 15.6 Å². The third-order valence-electron chi connectivity index (χ3n) is 3.60. The molecule has 1 rings (SSSR count). The molecule has 8 nitrogen and oxygen atoms in total. The maximum absolute atomic E-state index is 11.8. The fraction of sp³-hybridized carbons (Fsp3) is 0.556. The van der Waals surface area contributed by atoms with Crippen molar-refractivity contribution in [1.29, 1.82) is 0 Å². The number of carbonyl (C=O) groups is 1. The van der Waals surface area contributed by atoms with Gasteiger partial charge in [-0.3, -0.25) is 4.79 Å². The first-order valence-corrected chi connectivity index (χ1v) is 8.51. The zero-order valence-electron chi connectivity index (χ0n) is 16.7. The Morgan fingerprint density at radius 2 is 1.93 bits per heavy atom. The monoisotopic (exact) mass is 494 g/mol. The van der Waals surface area contributed by atoms with Crippen LogP contribution in [-0.2, 0) is 16.1 Å². The highest BCUT2D eigenvalue weighted by Gasteiger charge is 2.12. The van der Waals surface area contributed by atoms with Crippen LogP contribution in [0.3, 0.4) is 0 Å². The molecule has 27 heavy (non-hydrogen) atoms. The minimum absolute atomic E-state index is 0. The van der Waals surface area contributed by atoms with E-state index in [4.69, 9.17) is 14.2 Å². The van der Waals surface area contributed by atoms with Gasteiger partial charge in [-0.15, -0.1) is 24.0 Å². The van der Waals surface area contributed by atoms with Crippen molar-refractivity contribution in [3.63, 3.8) is 0 Å². The van der Waals surface area contributed by atoms with Crippen LogP contribution in [0.25, 0.3) is 0 Å². The van der Waals surface area contributed by atoms with Crippen molar-refractivity contribution in [2.75, 3.05) is 54.6 Å². The standard InChI is InChI=1S/C18H30N4O4.HI/c1-6-19-18(21-12-17(23)20-9-10-24-3)22(2)13-14-7-8-15(25-4)11-16(14)26-5;/h7-8,11H,6,9-10,12-13H2,1-5H3,(H,19,21)(H,20,23);1H. The van der Waals surface area contributed by atoms with Crippen molar-refractivity contribution in [3.05, 3.63) is 23.8 Å². The van der Waals surface area contributed by atoms with Gasteiger partial charge >= 0.3 is 0 Å². The molecule has 0 atom stereocenters. The summed E-state index contributed by atoms with van der Waals surface area (Å²) in [6.45, 7) is 4.26. The second kappa shape index (κ2) is 14.3. The van der Waals surface area contributed by atoms with Crippen molar-refractivity contribution in [2.45, 2.75) is 13.5 Å². The van der Waals surface area contributed by atoms with Gasteiger partial charge in [-0.25, -0.2) is 4.99 Å². The summed E-state index contributed by atoms with van der Waals surface area (Å²) < 4.78 is 15.6. The lowest BCUT2D eigenvalue weighted by Gasteiger charge is -2.23. The van der Waals surface area contributed by atoms with E-state index < -0.39 is 0 Å². The molecule has 0 aliphatic rings. The predicted octanol–water partition coefficient (Wildman–Crippen LogP) is 1.48. The molecule has 0 aliphatic heterocycles. The maximum atomic E-state index is 11.8. The number of ether oxygens (including phenoxy) is 3. The summed E-state index contributed by atoms with van der Waals surface area (Å²) in [5, 5.41) is 5.94. The number of nitrogens with zero attached hydrogens (tertiary/aromatic N) is 2. The number of hydrogen-bond donors (Lipinski definition) is 2. The summed E-state index contributed by atoms with van der Waals surface area (Å²) >= 11 is 0. The minimum atomic E-state index is -0.145. The molecule has 0 heterocycles. The van der Waals surface area contributed by atoms with Gasteiger partial charge in [0.05, 0.1) is 20.8 Å². The van der Waals surface area contributed by atoms with Crippen molar-refractivity contribution in [1.82, 2.24) is 15.5 Å². The summed E-state index contributed by atoms with van der Waals surface area (Å²) in [6, 6.07) is 5.69. The number of halogens is 1. The average Bonchev–Trinajstić information content (AvgIpc) is 2.65. The molecule has 0 unspecified atom stereocenters. The first-order chi connectivity index (χ1) is 12.5. The van der Waals surface area contributed by atoms with E-state index >= 15 is 0 Å². The average molecular weight is 494 g/mol. The minimum Gasteiger partial charge on any atom is -0.497 e. The van der Waals surface area contributed by atoms with E-state index in [1.54, 1.807) is 21.3 Å². The molecule has 1 aromatic carbocycles. The van der Waals surface area contributed by atoms with Crippen molar-refractivity contribution >= 4 is 35.8 Å². The van der Waals surface area contributed by atoms with Crippen LogP contribution in [0, 0.1) is 0 Å². The van der Waals surface area contributed by atoms with Crippen LogP contribution in [0.4, 0.5) is 0 Å². The molecule has 0 saturated heterocycles. The van der Waals surface area contributed by atoms with Crippen LogP contribution in [-0.4, -0.2) is 71.4 Å². The SMILES string of the molecule is CCNC(=NCC(=O)NCCOC)N(C)Cc1ccc(OC)cc1OC.I. The number of nitrogens with one attached hydrogen (secondary N) is 2. The van der Waals surface area contributed by atoms with Crippen LogP contribution >= 0.6 is 24.0 Å². The van der Waals surface area contributed by atoms with E-state index in [0.717, 1.165) is 17.1 Å².